The van der Waals surface area contributed by atoms with Gasteiger partial charge >= 0.3 is 0 Å². The Labute approximate surface area is 144 Å². The predicted molar refractivity (Wildman–Crippen MR) is 97.3 cm³/mol. The normalized spacial score (nSPS) is 21.4. The zero-order chi connectivity index (χ0) is 16.8. The second kappa shape index (κ2) is 8.24. The average Bonchev–Trinajstić information content (AvgIpc) is 2.95. The fourth-order valence-corrected chi connectivity index (χ4v) is 3.16. The molecule has 2 aliphatic heterocycles. The van der Waals surface area contributed by atoms with E-state index in [0.29, 0.717) is 19.1 Å². The summed E-state index contributed by atoms with van der Waals surface area (Å²) >= 11 is 0. The van der Waals surface area contributed by atoms with Crippen molar-refractivity contribution in [2.24, 2.45) is 10.9 Å². The number of guanidine groups is 1. The average molecular weight is 332 g/mol. The van der Waals surface area contributed by atoms with E-state index in [0.717, 1.165) is 42.7 Å². The van der Waals surface area contributed by atoms with Crippen molar-refractivity contribution in [1.82, 2.24) is 10.2 Å². The van der Waals surface area contributed by atoms with Crippen LogP contribution in [0.25, 0.3) is 0 Å². The molecule has 0 spiro atoms. The van der Waals surface area contributed by atoms with Crippen LogP contribution >= 0.6 is 0 Å². The number of aliphatic imine (C=N–C) groups is 1. The summed E-state index contributed by atoms with van der Waals surface area (Å²) in [5.74, 6) is 3.08. The largest absolute Gasteiger partial charge is 0.490 e. The van der Waals surface area contributed by atoms with Gasteiger partial charge in [0, 0.05) is 38.3 Å². The number of nitrogens with one attached hydrogen (secondary N) is 2. The molecule has 0 bridgehead atoms. The van der Waals surface area contributed by atoms with Crippen molar-refractivity contribution in [1.29, 1.82) is 0 Å². The van der Waals surface area contributed by atoms with Crippen LogP contribution in [0.5, 0.6) is 11.5 Å². The molecule has 2 aliphatic rings. The molecule has 0 saturated carbocycles. The van der Waals surface area contributed by atoms with Gasteiger partial charge in [-0.3, -0.25) is 4.99 Å². The highest BCUT2D eigenvalue weighted by atomic mass is 16.5. The fourth-order valence-electron chi connectivity index (χ4n) is 3.16. The van der Waals surface area contributed by atoms with Crippen LogP contribution in [-0.4, -0.2) is 57.3 Å². The number of anilines is 1. The molecular weight excluding hydrogens is 304 g/mol. The molecule has 0 aliphatic carbocycles. The van der Waals surface area contributed by atoms with E-state index in [2.05, 4.69) is 27.4 Å². The number of nitrogens with zero attached hydrogens (tertiary/aromatic N) is 2. The van der Waals surface area contributed by atoms with Gasteiger partial charge in [0.1, 0.15) is 0 Å². The van der Waals surface area contributed by atoms with Crippen LogP contribution < -0.4 is 20.1 Å². The van der Waals surface area contributed by atoms with Crippen LogP contribution in [0.15, 0.2) is 23.2 Å². The molecule has 0 amide bonds. The minimum absolute atomic E-state index is 0.687. The summed E-state index contributed by atoms with van der Waals surface area (Å²) in [5, 5.41) is 6.78. The summed E-state index contributed by atoms with van der Waals surface area (Å²) < 4.78 is 11.4. The van der Waals surface area contributed by atoms with E-state index in [9.17, 15) is 0 Å². The molecule has 0 radical (unpaired) electrons. The molecule has 6 nitrogen and oxygen atoms in total. The second-order valence-electron chi connectivity index (χ2n) is 6.34. The first-order valence-corrected chi connectivity index (χ1v) is 8.88. The maximum Gasteiger partial charge on any atom is 0.195 e. The third-order valence-electron chi connectivity index (χ3n) is 4.61. The van der Waals surface area contributed by atoms with Gasteiger partial charge in [-0.1, -0.05) is 6.92 Å². The molecule has 1 atom stereocenters. The van der Waals surface area contributed by atoms with Gasteiger partial charge in [-0.05, 0) is 37.6 Å². The molecular formula is C18H28N4O2. The zero-order valence-corrected chi connectivity index (χ0v) is 14.7. The lowest BCUT2D eigenvalue weighted by Gasteiger charge is -2.17. The van der Waals surface area contributed by atoms with Crippen LogP contribution in [0.3, 0.4) is 0 Å². The predicted octanol–water partition coefficient (Wildman–Crippen LogP) is 2.18. The highest BCUT2D eigenvalue weighted by Crippen LogP contribution is 2.32. The first-order valence-electron chi connectivity index (χ1n) is 8.88. The summed E-state index contributed by atoms with van der Waals surface area (Å²) in [6, 6.07) is 5.92. The standard InChI is InChI=1S/C18H28N4O2/c1-3-22-8-7-14(13-22)12-20-18(19-2)21-15-5-6-16-17(11-15)24-10-4-9-23-16/h5-6,11,14H,3-4,7-10,12-13H2,1-2H3,(H2,19,20,21). The molecule has 3 rings (SSSR count). The molecule has 0 aromatic heterocycles. The van der Waals surface area contributed by atoms with Gasteiger partial charge in [0.05, 0.1) is 13.2 Å². The lowest BCUT2D eigenvalue weighted by molar-refractivity contribution is 0.297. The van der Waals surface area contributed by atoms with Crippen LogP contribution in [0.1, 0.15) is 19.8 Å². The second-order valence-corrected chi connectivity index (χ2v) is 6.34. The van der Waals surface area contributed by atoms with Gasteiger partial charge in [0.15, 0.2) is 17.5 Å². The molecule has 1 aromatic rings. The minimum atomic E-state index is 0.687. The molecule has 132 valence electrons. The third-order valence-corrected chi connectivity index (χ3v) is 4.61. The number of benzene rings is 1. The maximum atomic E-state index is 5.74. The number of likely N-dealkylation sites (tertiary alicyclic amines) is 1. The highest BCUT2D eigenvalue weighted by Gasteiger charge is 2.21. The molecule has 1 unspecified atom stereocenters. The molecule has 2 heterocycles. The van der Waals surface area contributed by atoms with Gasteiger partial charge in [-0.2, -0.15) is 0 Å². The van der Waals surface area contributed by atoms with Crippen molar-refractivity contribution in [3.8, 4) is 11.5 Å². The minimum Gasteiger partial charge on any atom is -0.490 e. The number of hydrogen-bond donors (Lipinski definition) is 2. The number of fused-ring (bicyclic) bond motifs is 1. The van der Waals surface area contributed by atoms with Crippen LogP contribution in [0, 0.1) is 5.92 Å². The number of hydrogen-bond acceptors (Lipinski definition) is 4. The van der Waals surface area contributed by atoms with Gasteiger partial charge in [-0.25, -0.2) is 0 Å². The van der Waals surface area contributed by atoms with Gasteiger partial charge in [0.2, 0.25) is 0 Å². The van der Waals surface area contributed by atoms with E-state index < -0.39 is 0 Å². The van der Waals surface area contributed by atoms with Crippen LogP contribution in [0.2, 0.25) is 0 Å². The third kappa shape index (κ3) is 4.32. The summed E-state index contributed by atoms with van der Waals surface area (Å²) in [6.07, 6.45) is 2.17. The van der Waals surface area contributed by atoms with Crippen LogP contribution in [0.4, 0.5) is 5.69 Å². The lowest BCUT2D eigenvalue weighted by Crippen LogP contribution is -2.35. The molecule has 1 fully saturated rings. The molecule has 1 aromatic carbocycles. The quantitative estimate of drug-likeness (QED) is 0.654. The Hall–Kier alpha value is -1.95. The van der Waals surface area contributed by atoms with Crippen molar-refractivity contribution < 1.29 is 9.47 Å². The van der Waals surface area contributed by atoms with Gasteiger partial charge < -0.3 is 25.0 Å². The molecule has 2 N–H and O–H groups in total. The summed E-state index contributed by atoms with van der Waals surface area (Å²) in [5.41, 5.74) is 0.953. The monoisotopic (exact) mass is 332 g/mol. The highest BCUT2D eigenvalue weighted by molar-refractivity contribution is 5.93. The Morgan fingerprint density at radius 1 is 1.29 bits per heavy atom. The van der Waals surface area contributed by atoms with E-state index in [1.807, 2.05) is 18.2 Å². The SMILES string of the molecule is CCN1CCC(CNC(=NC)Nc2ccc3c(c2)OCCCO3)C1. The fraction of sp³-hybridized carbons (Fsp3) is 0.611. The zero-order valence-electron chi connectivity index (χ0n) is 14.7. The molecule has 24 heavy (non-hydrogen) atoms. The Morgan fingerprint density at radius 2 is 2.12 bits per heavy atom. The first kappa shape index (κ1) is 16.9. The Kier molecular flexibility index (Phi) is 5.80. The van der Waals surface area contributed by atoms with Gasteiger partial charge in [-0.15, -0.1) is 0 Å². The molecule has 6 heteroatoms. The Balaban J connectivity index is 1.55. The van der Waals surface area contributed by atoms with E-state index in [1.54, 1.807) is 7.05 Å². The van der Waals surface area contributed by atoms with E-state index >= 15 is 0 Å². The first-order chi connectivity index (χ1) is 11.8. The number of rotatable bonds is 4. The van der Waals surface area contributed by atoms with Crippen molar-refractivity contribution in [3.05, 3.63) is 18.2 Å². The van der Waals surface area contributed by atoms with E-state index in [4.69, 9.17) is 9.47 Å². The lowest BCUT2D eigenvalue weighted by atomic mass is 10.1. The van der Waals surface area contributed by atoms with E-state index in [-0.39, 0.29) is 0 Å². The van der Waals surface area contributed by atoms with Crippen molar-refractivity contribution in [3.63, 3.8) is 0 Å². The van der Waals surface area contributed by atoms with Crippen molar-refractivity contribution in [2.45, 2.75) is 19.8 Å². The Bertz CT molecular complexity index is 576. The van der Waals surface area contributed by atoms with Gasteiger partial charge in [0.25, 0.3) is 0 Å². The van der Waals surface area contributed by atoms with Crippen molar-refractivity contribution >= 4 is 11.6 Å². The summed E-state index contributed by atoms with van der Waals surface area (Å²) in [6.45, 7) is 8.08. The summed E-state index contributed by atoms with van der Waals surface area (Å²) in [4.78, 5) is 6.82. The number of ether oxygens (including phenoxy) is 2. The topological polar surface area (TPSA) is 58.1 Å². The Morgan fingerprint density at radius 3 is 2.88 bits per heavy atom. The van der Waals surface area contributed by atoms with Crippen LogP contribution in [-0.2, 0) is 0 Å². The molecule has 1 saturated heterocycles. The summed E-state index contributed by atoms with van der Waals surface area (Å²) in [7, 11) is 1.80. The smallest absolute Gasteiger partial charge is 0.195 e. The van der Waals surface area contributed by atoms with Crippen molar-refractivity contribution in [2.75, 3.05) is 51.8 Å². The maximum absolute atomic E-state index is 5.74. The van der Waals surface area contributed by atoms with E-state index in [1.165, 1.54) is 19.5 Å².